The first kappa shape index (κ1) is 28.4. The van der Waals surface area contributed by atoms with Crippen molar-refractivity contribution in [3.63, 3.8) is 0 Å². The molecule has 2 aliphatic heterocycles. The number of urea groups is 1. The minimum atomic E-state index is -3.97. The summed E-state index contributed by atoms with van der Waals surface area (Å²) in [7, 11) is -3.97. The molecule has 3 fully saturated rings. The van der Waals surface area contributed by atoms with Crippen molar-refractivity contribution in [3.05, 3.63) is 24.4 Å². The quantitative estimate of drug-likeness (QED) is 0.528. The fraction of sp³-hybridized carbons (Fsp3) is 0.692. The molecule has 2 saturated heterocycles. The number of rotatable bonds is 7. The number of carbonyl (C=O) groups is 3. The standard InChI is InChI=1S/C26H39N5O6S/c1-19-8-9-20(22(32)18-31(19)38(35,36)23-7-3-6-12-27-23)28-24(33)21(17-26(2)10-4-5-11-26)29-25(34)30-13-15-37-16-14-30/h3,6-7,12,19-21H,4-5,8-11,13-18H2,1-2H3,(H,28,33)(H,29,34)/t19-,20+,21-/m1/s1. The molecule has 0 spiro atoms. The Balaban J connectivity index is 1.46. The SMILES string of the molecule is C[C@@H]1CC[C@H](NC(=O)[C@@H](CC2(C)CCCC2)NC(=O)N2CCOCC2)C(=O)CN1S(=O)(=O)c1ccccn1. The first-order chi connectivity index (χ1) is 18.1. The molecule has 2 N–H and O–H groups in total. The highest BCUT2D eigenvalue weighted by atomic mass is 32.2. The summed E-state index contributed by atoms with van der Waals surface area (Å²) in [5.74, 6) is -0.792. The molecule has 1 aliphatic carbocycles. The lowest BCUT2D eigenvalue weighted by atomic mass is 9.81. The van der Waals surface area contributed by atoms with Gasteiger partial charge < -0.3 is 20.3 Å². The maximum absolute atomic E-state index is 13.5. The van der Waals surface area contributed by atoms with Gasteiger partial charge in [0.2, 0.25) is 5.91 Å². The molecule has 12 heteroatoms. The third kappa shape index (κ3) is 6.70. The number of pyridine rings is 1. The van der Waals surface area contributed by atoms with E-state index in [1.165, 1.54) is 16.6 Å². The molecular formula is C26H39N5O6S. The molecule has 0 unspecified atom stereocenters. The summed E-state index contributed by atoms with van der Waals surface area (Å²) in [6, 6.07) is 2.22. The van der Waals surface area contributed by atoms with Gasteiger partial charge in [-0.1, -0.05) is 25.8 Å². The van der Waals surface area contributed by atoms with Crippen molar-refractivity contribution >= 4 is 27.7 Å². The van der Waals surface area contributed by atoms with E-state index in [0.717, 1.165) is 25.7 Å². The van der Waals surface area contributed by atoms with Crippen LogP contribution in [0.5, 0.6) is 0 Å². The highest BCUT2D eigenvalue weighted by molar-refractivity contribution is 7.89. The predicted molar refractivity (Wildman–Crippen MR) is 140 cm³/mol. The van der Waals surface area contributed by atoms with E-state index < -0.39 is 34.1 Å². The summed E-state index contributed by atoms with van der Waals surface area (Å²) in [6.07, 6.45) is 6.70. The maximum atomic E-state index is 13.5. The van der Waals surface area contributed by atoms with Crippen LogP contribution >= 0.6 is 0 Å². The van der Waals surface area contributed by atoms with Crippen LogP contribution in [0.2, 0.25) is 0 Å². The summed E-state index contributed by atoms with van der Waals surface area (Å²) in [6.45, 7) is 5.36. The van der Waals surface area contributed by atoms with Crippen molar-refractivity contribution < 1.29 is 27.5 Å². The lowest BCUT2D eigenvalue weighted by Gasteiger charge is -2.33. The van der Waals surface area contributed by atoms with Gasteiger partial charge in [0.25, 0.3) is 10.0 Å². The van der Waals surface area contributed by atoms with E-state index in [1.807, 2.05) is 0 Å². The summed E-state index contributed by atoms with van der Waals surface area (Å²) < 4.78 is 32.9. The zero-order chi connectivity index (χ0) is 27.3. The van der Waals surface area contributed by atoms with E-state index >= 15 is 0 Å². The van der Waals surface area contributed by atoms with Gasteiger partial charge in [0.05, 0.1) is 25.8 Å². The summed E-state index contributed by atoms with van der Waals surface area (Å²) in [4.78, 5) is 45.3. The summed E-state index contributed by atoms with van der Waals surface area (Å²) in [5, 5.41) is 5.66. The first-order valence-electron chi connectivity index (χ1n) is 13.5. The highest BCUT2D eigenvalue weighted by Gasteiger charge is 2.40. The summed E-state index contributed by atoms with van der Waals surface area (Å²) >= 11 is 0. The molecule has 1 saturated carbocycles. The molecule has 3 amide bonds. The molecular weight excluding hydrogens is 510 g/mol. The molecule has 11 nitrogen and oxygen atoms in total. The van der Waals surface area contributed by atoms with Gasteiger partial charge in [0.1, 0.15) is 6.04 Å². The van der Waals surface area contributed by atoms with Crippen LogP contribution in [-0.2, 0) is 24.3 Å². The summed E-state index contributed by atoms with van der Waals surface area (Å²) in [5.41, 5.74) is -0.0736. The van der Waals surface area contributed by atoms with Gasteiger partial charge in [-0.2, -0.15) is 4.31 Å². The van der Waals surface area contributed by atoms with Crippen molar-refractivity contribution in [2.24, 2.45) is 5.41 Å². The Morgan fingerprint density at radius 2 is 1.89 bits per heavy atom. The molecule has 0 aromatic carbocycles. The van der Waals surface area contributed by atoms with E-state index in [4.69, 9.17) is 4.74 Å². The number of nitrogens with one attached hydrogen (secondary N) is 2. The number of ketones is 1. The maximum Gasteiger partial charge on any atom is 0.318 e. The van der Waals surface area contributed by atoms with Gasteiger partial charge >= 0.3 is 6.03 Å². The number of carbonyl (C=O) groups excluding carboxylic acids is 3. The number of sulfonamides is 1. The van der Waals surface area contributed by atoms with Gasteiger partial charge in [-0.05, 0) is 56.6 Å². The number of hydrogen-bond donors (Lipinski definition) is 2. The average molecular weight is 550 g/mol. The number of aromatic nitrogens is 1. The first-order valence-corrected chi connectivity index (χ1v) is 14.9. The third-order valence-corrected chi connectivity index (χ3v) is 9.89. The Morgan fingerprint density at radius 3 is 2.55 bits per heavy atom. The van der Waals surface area contributed by atoms with E-state index in [-0.39, 0.29) is 28.8 Å². The monoisotopic (exact) mass is 549 g/mol. The molecule has 1 aromatic rings. The topological polar surface area (TPSA) is 138 Å². The number of morpholine rings is 1. The minimum Gasteiger partial charge on any atom is -0.378 e. The average Bonchev–Trinajstić information content (AvgIpc) is 3.29. The molecule has 4 rings (SSSR count). The Kier molecular flexibility index (Phi) is 9.04. The van der Waals surface area contributed by atoms with Gasteiger partial charge in [0, 0.05) is 25.3 Å². The zero-order valence-corrected chi connectivity index (χ0v) is 23.0. The van der Waals surface area contributed by atoms with Crippen LogP contribution in [0.25, 0.3) is 0 Å². The molecule has 3 atom stereocenters. The molecule has 1 aromatic heterocycles. The Hall–Kier alpha value is -2.57. The number of ether oxygens (including phenoxy) is 1. The fourth-order valence-corrected chi connectivity index (χ4v) is 7.20. The fourth-order valence-electron chi connectivity index (χ4n) is 5.64. The number of Topliss-reactive ketones (excluding diaryl/α,β-unsaturated/α-hetero) is 1. The van der Waals surface area contributed by atoms with Crippen LogP contribution in [0.1, 0.15) is 58.8 Å². The molecule has 3 heterocycles. The van der Waals surface area contributed by atoms with Gasteiger partial charge in [0.15, 0.2) is 10.8 Å². The molecule has 38 heavy (non-hydrogen) atoms. The van der Waals surface area contributed by atoms with Crippen molar-refractivity contribution in [2.45, 2.75) is 81.9 Å². The third-order valence-electron chi connectivity index (χ3n) is 8.01. The Bertz CT molecular complexity index is 1100. The lowest BCUT2D eigenvalue weighted by molar-refractivity contribution is -0.129. The second-order valence-corrected chi connectivity index (χ2v) is 12.8. The predicted octanol–water partition coefficient (Wildman–Crippen LogP) is 1.69. The second kappa shape index (κ2) is 12.1. The van der Waals surface area contributed by atoms with Crippen molar-refractivity contribution in [2.75, 3.05) is 32.8 Å². The lowest BCUT2D eigenvalue weighted by Crippen LogP contribution is -2.56. The van der Waals surface area contributed by atoms with E-state index in [9.17, 15) is 22.8 Å². The molecule has 3 aliphatic rings. The van der Waals surface area contributed by atoms with Crippen molar-refractivity contribution in [3.8, 4) is 0 Å². The molecule has 0 radical (unpaired) electrons. The largest absolute Gasteiger partial charge is 0.378 e. The zero-order valence-electron chi connectivity index (χ0n) is 22.2. The normalized spacial score (nSPS) is 25.4. The Labute approximate surface area is 224 Å². The van der Waals surface area contributed by atoms with Crippen LogP contribution in [0, 0.1) is 5.41 Å². The van der Waals surface area contributed by atoms with E-state index in [0.29, 0.717) is 45.6 Å². The van der Waals surface area contributed by atoms with Crippen LogP contribution < -0.4 is 10.6 Å². The van der Waals surface area contributed by atoms with Crippen molar-refractivity contribution in [1.29, 1.82) is 0 Å². The van der Waals surface area contributed by atoms with E-state index in [2.05, 4.69) is 22.5 Å². The molecule has 0 bridgehead atoms. The van der Waals surface area contributed by atoms with Gasteiger partial charge in [-0.15, -0.1) is 0 Å². The molecule has 210 valence electrons. The smallest absolute Gasteiger partial charge is 0.318 e. The second-order valence-electron chi connectivity index (χ2n) is 11.0. The van der Waals surface area contributed by atoms with Crippen LogP contribution in [0.3, 0.4) is 0 Å². The number of hydrogen-bond acceptors (Lipinski definition) is 7. The number of nitrogens with zero attached hydrogens (tertiary/aromatic N) is 3. The Morgan fingerprint density at radius 1 is 1.18 bits per heavy atom. The van der Waals surface area contributed by atoms with Crippen LogP contribution in [0.15, 0.2) is 29.4 Å². The van der Waals surface area contributed by atoms with Gasteiger partial charge in [-0.25, -0.2) is 18.2 Å². The highest BCUT2D eigenvalue weighted by Crippen LogP contribution is 2.41. The minimum absolute atomic E-state index is 0.0736. The van der Waals surface area contributed by atoms with Crippen LogP contribution in [0.4, 0.5) is 4.79 Å². The number of amides is 3. The van der Waals surface area contributed by atoms with E-state index in [1.54, 1.807) is 24.0 Å². The van der Waals surface area contributed by atoms with Gasteiger partial charge in [-0.3, -0.25) is 9.59 Å². The van der Waals surface area contributed by atoms with Crippen LogP contribution in [-0.4, -0.2) is 91.3 Å². The van der Waals surface area contributed by atoms with Crippen molar-refractivity contribution in [1.82, 2.24) is 24.8 Å².